The predicted octanol–water partition coefficient (Wildman–Crippen LogP) is 2.54. The summed E-state index contributed by atoms with van der Waals surface area (Å²) < 4.78 is 32.0. The van der Waals surface area contributed by atoms with Crippen molar-refractivity contribution in [2.24, 2.45) is 0 Å². The fourth-order valence-corrected chi connectivity index (χ4v) is 4.45. The van der Waals surface area contributed by atoms with E-state index in [0.29, 0.717) is 31.9 Å². The van der Waals surface area contributed by atoms with E-state index in [1.165, 1.54) is 16.4 Å². The average Bonchev–Trinajstić information content (AvgIpc) is 2.73. The molecular weight excluding hydrogens is 364 g/mol. The quantitative estimate of drug-likeness (QED) is 0.789. The van der Waals surface area contributed by atoms with Gasteiger partial charge < -0.3 is 9.64 Å². The maximum absolute atomic E-state index is 12.8. The first-order valence-electron chi connectivity index (χ1n) is 8.91. The van der Waals surface area contributed by atoms with Crippen LogP contribution in [0, 0.1) is 0 Å². The van der Waals surface area contributed by atoms with E-state index < -0.39 is 10.0 Å². The molecule has 1 amide bonds. The maximum atomic E-state index is 12.8. The zero-order valence-corrected chi connectivity index (χ0v) is 16.4. The van der Waals surface area contributed by atoms with Gasteiger partial charge in [-0.2, -0.15) is 4.31 Å². The fraction of sp³-hybridized carbons (Fsp3) is 0.350. The van der Waals surface area contributed by atoms with Gasteiger partial charge >= 0.3 is 0 Å². The predicted molar refractivity (Wildman–Crippen MR) is 103 cm³/mol. The Morgan fingerprint density at radius 2 is 1.63 bits per heavy atom. The van der Waals surface area contributed by atoms with Crippen molar-refractivity contribution >= 4 is 15.9 Å². The summed E-state index contributed by atoms with van der Waals surface area (Å²) in [6.45, 7) is 3.46. The number of morpholine rings is 1. The average molecular weight is 388 g/mol. The summed E-state index contributed by atoms with van der Waals surface area (Å²) in [7, 11) is -1.81. The molecule has 144 valence electrons. The molecule has 0 aliphatic carbocycles. The zero-order chi connectivity index (χ0) is 19.4. The smallest absolute Gasteiger partial charge is 0.254 e. The Morgan fingerprint density at radius 1 is 1.04 bits per heavy atom. The van der Waals surface area contributed by atoms with Crippen LogP contribution in [-0.4, -0.2) is 56.9 Å². The number of ether oxygens (including phenoxy) is 1. The largest absolute Gasteiger partial charge is 0.379 e. The summed E-state index contributed by atoms with van der Waals surface area (Å²) in [5.41, 5.74) is 1.50. The lowest BCUT2D eigenvalue weighted by Gasteiger charge is -2.27. The molecule has 0 saturated carbocycles. The molecule has 1 atom stereocenters. The minimum atomic E-state index is -3.56. The van der Waals surface area contributed by atoms with Gasteiger partial charge in [-0.25, -0.2) is 8.42 Å². The Balaban J connectivity index is 1.75. The van der Waals surface area contributed by atoms with E-state index in [2.05, 4.69) is 0 Å². The standard InChI is InChI=1S/C20H24N2O4S/c1-16(17-6-4-3-5-7-17)21(2)20(23)18-8-10-19(11-9-18)27(24,25)22-12-14-26-15-13-22/h3-11,16H,12-15H2,1-2H3/t16-/m0/s1. The molecule has 1 fully saturated rings. The summed E-state index contributed by atoms with van der Waals surface area (Å²) in [6.07, 6.45) is 0. The number of carbonyl (C=O) groups excluding carboxylic acids is 1. The van der Waals surface area contributed by atoms with Crippen molar-refractivity contribution in [1.29, 1.82) is 0 Å². The molecule has 0 spiro atoms. The summed E-state index contributed by atoms with van der Waals surface area (Å²) in [6, 6.07) is 15.8. The van der Waals surface area contributed by atoms with Crippen LogP contribution in [0.3, 0.4) is 0 Å². The van der Waals surface area contributed by atoms with Crippen LogP contribution in [-0.2, 0) is 14.8 Å². The van der Waals surface area contributed by atoms with E-state index in [4.69, 9.17) is 4.74 Å². The first-order chi connectivity index (χ1) is 12.9. The van der Waals surface area contributed by atoms with E-state index in [9.17, 15) is 13.2 Å². The first kappa shape index (κ1) is 19.5. The monoisotopic (exact) mass is 388 g/mol. The molecule has 0 aromatic heterocycles. The SMILES string of the molecule is C[C@@H](c1ccccc1)N(C)C(=O)c1ccc(S(=O)(=O)N2CCOCC2)cc1. The summed E-state index contributed by atoms with van der Waals surface area (Å²) >= 11 is 0. The number of hydrogen-bond donors (Lipinski definition) is 0. The normalized spacial score (nSPS) is 16.7. The topological polar surface area (TPSA) is 66.9 Å². The molecular formula is C20H24N2O4S. The van der Waals surface area contributed by atoms with Crippen LogP contribution < -0.4 is 0 Å². The third-order valence-electron chi connectivity index (χ3n) is 4.89. The number of carbonyl (C=O) groups is 1. The van der Waals surface area contributed by atoms with E-state index in [-0.39, 0.29) is 16.8 Å². The van der Waals surface area contributed by atoms with Gasteiger partial charge in [0.05, 0.1) is 24.2 Å². The van der Waals surface area contributed by atoms with Crippen molar-refractivity contribution in [1.82, 2.24) is 9.21 Å². The molecule has 2 aromatic rings. The van der Waals surface area contributed by atoms with E-state index in [1.54, 1.807) is 24.1 Å². The van der Waals surface area contributed by atoms with Crippen LogP contribution in [0.2, 0.25) is 0 Å². The number of benzene rings is 2. The zero-order valence-electron chi connectivity index (χ0n) is 15.5. The van der Waals surface area contributed by atoms with Gasteiger partial charge in [0.2, 0.25) is 10.0 Å². The van der Waals surface area contributed by atoms with Gasteiger partial charge in [-0.3, -0.25) is 4.79 Å². The van der Waals surface area contributed by atoms with E-state index in [1.807, 2.05) is 37.3 Å². The highest BCUT2D eigenvalue weighted by molar-refractivity contribution is 7.89. The number of sulfonamides is 1. The first-order valence-corrected chi connectivity index (χ1v) is 10.4. The highest BCUT2D eigenvalue weighted by Crippen LogP contribution is 2.22. The third-order valence-corrected chi connectivity index (χ3v) is 6.81. The van der Waals surface area contributed by atoms with Gasteiger partial charge in [-0.15, -0.1) is 0 Å². The van der Waals surface area contributed by atoms with Crippen molar-refractivity contribution in [3.8, 4) is 0 Å². The second-order valence-electron chi connectivity index (χ2n) is 6.54. The van der Waals surface area contributed by atoms with Crippen LogP contribution in [0.5, 0.6) is 0 Å². The number of hydrogen-bond acceptors (Lipinski definition) is 4. The second-order valence-corrected chi connectivity index (χ2v) is 8.48. The Hall–Kier alpha value is -2.22. The Morgan fingerprint density at radius 3 is 2.22 bits per heavy atom. The molecule has 6 nitrogen and oxygen atoms in total. The lowest BCUT2D eigenvalue weighted by molar-refractivity contribution is 0.0730. The Kier molecular flexibility index (Phi) is 5.94. The van der Waals surface area contributed by atoms with Crippen LogP contribution in [0.4, 0.5) is 0 Å². The van der Waals surface area contributed by atoms with Crippen molar-refractivity contribution in [2.45, 2.75) is 17.9 Å². The van der Waals surface area contributed by atoms with Gasteiger partial charge in [0.15, 0.2) is 0 Å². The summed E-state index contributed by atoms with van der Waals surface area (Å²) in [5, 5.41) is 0. The number of amides is 1. The number of nitrogens with zero attached hydrogens (tertiary/aromatic N) is 2. The molecule has 2 aromatic carbocycles. The highest BCUT2D eigenvalue weighted by atomic mass is 32.2. The lowest BCUT2D eigenvalue weighted by atomic mass is 10.1. The lowest BCUT2D eigenvalue weighted by Crippen LogP contribution is -2.40. The molecule has 7 heteroatoms. The molecule has 1 aliphatic rings. The summed E-state index contributed by atoms with van der Waals surface area (Å²) in [4.78, 5) is 14.6. The molecule has 0 radical (unpaired) electrons. The minimum absolute atomic E-state index is 0.0875. The molecule has 1 heterocycles. The van der Waals surface area contributed by atoms with E-state index >= 15 is 0 Å². The molecule has 1 aliphatic heterocycles. The van der Waals surface area contributed by atoms with Crippen molar-refractivity contribution in [2.75, 3.05) is 33.4 Å². The Labute approximate surface area is 160 Å². The summed E-state index contributed by atoms with van der Waals surface area (Å²) in [5.74, 6) is -0.151. The molecule has 1 saturated heterocycles. The van der Waals surface area contributed by atoms with Crippen LogP contribution in [0.15, 0.2) is 59.5 Å². The minimum Gasteiger partial charge on any atom is -0.379 e. The molecule has 0 N–H and O–H groups in total. The van der Waals surface area contributed by atoms with Gasteiger partial charge in [0, 0.05) is 25.7 Å². The van der Waals surface area contributed by atoms with Gasteiger partial charge in [0.1, 0.15) is 0 Å². The van der Waals surface area contributed by atoms with Gasteiger partial charge in [-0.05, 0) is 36.8 Å². The Bertz CT molecular complexity index is 876. The second kappa shape index (κ2) is 8.21. The van der Waals surface area contributed by atoms with Crippen LogP contribution in [0.25, 0.3) is 0 Å². The third kappa shape index (κ3) is 4.21. The van der Waals surface area contributed by atoms with Crippen molar-refractivity contribution < 1.29 is 17.9 Å². The maximum Gasteiger partial charge on any atom is 0.254 e. The van der Waals surface area contributed by atoms with Gasteiger partial charge in [0.25, 0.3) is 5.91 Å². The van der Waals surface area contributed by atoms with Crippen molar-refractivity contribution in [3.05, 3.63) is 65.7 Å². The van der Waals surface area contributed by atoms with Crippen molar-refractivity contribution in [3.63, 3.8) is 0 Å². The van der Waals surface area contributed by atoms with Crippen LogP contribution in [0.1, 0.15) is 28.9 Å². The van der Waals surface area contributed by atoms with Crippen LogP contribution >= 0.6 is 0 Å². The number of rotatable bonds is 5. The fourth-order valence-electron chi connectivity index (χ4n) is 3.04. The molecule has 3 rings (SSSR count). The molecule has 0 unspecified atom stereocenters. The van der Waals surface area contributed by atoms with Gasteiger partial charge in [-0.1, -0.05) is 30.3 Å². The highest BCUT2D eigenvalue weighted by Gasteiger charge is 2.27. The molecule has 27 heavy (non-hydrogen) atoms. The molecule has 0 bridgehead atoms. The van der Waals surface area contributed by atoms with E-state index in [0.717, 1.165) is 5.56 Å².